The molecule has 1 saturated carbocycles. The molecule has 1 fully saturated rings. The first kappa shape index (κ1) is 18.8. The van der Waals surface area contributed by atoms with Crippen molar-refractivity contribution >= 4 is 5.91 Å². The van der Waals surface area contributed by atoms with Crippen LogP contribution in [0.25, 0.3) is 0 Å². The molecule has 1 aliphatic carbocycles. The van der Waals surface area contributed by atoms with E-state index in [-0.39, 0.29) is 18.6 Å². The third-order valence-electron chi connectivity index (χ3n) is 4.92. The molecule has 1 aliphatic rings. The number of benzene rings is 1. The van der Waals surface area contributed by atoms with Gasteiger partial charge in [-0.1, -0.05) is 26.0 Å². The van der Waals surface area contributed by atoms with Gasteiger partial charge in [-0.3, -0.25) is 4.79 Å². The summed E-state index contributed by atoms with van der Waals surface area (Å²) in [5.74, 6) is 1.49. The summed E-state index contributed by atoms with van der Waals surface area (Å²) in [5.41, 5.74) is 2.26. The van der Waals surface area contributed by atoms with E-state index in [1.807, 2.05) is 13.0 Å². The maximum atomic E-state index is 12.4. The third-order valence-corrected chi connectivity index (χ3v) is 4.92. The molecule has 134 valence electrons. The van der Waals surface area contributed by atoms with Gasteiger partial charge in [-0.25, -0.2) is 0 Å². The van der Waals surface area contributed by atoms with Crippen LogP contribution < -0.4 is 10.1 Å². The van der Waals surface area contributed by atoms with Gasteiger partial charge in [0.25, 0.3) is 5.91 Å². The maximum absolute atomic E-state index is 12.4. The maximum Gasteiger partial charge on any atom is 0.260 e. The van der Waals surface area contributed by atoms with Crippen molar-refractivity contribution in [2.45, 2.75) is 71.4 Å². The molecule has 2 rings (SSSR count). The monoisotopic (exact) mass is 333 g/mol. The standard InChI is InChI=1S/C20H31NO3/c1-13(2)18-10-5-14(3)11-19(18)24-15(4)20(23)21-17-8-6-16(12-22)7-9-17/h5,10-11,13,15-17,22H,6-9,12H2,1-4H3,(H,21,23). The molecule has 1 aromatic carbocycles. The van der Waals surface area contributed by atoms with Gasteiger partial charge in [-0.2, -0.15) is 0 Å². The molecule has 0 heterocycles. The van der Waals surface area contributed by atoms with Crippen LogP contribution >= 0.6 is 0 Å². The second kappa shape index (κ2) is 8.52. The van der Waals surface area contributed by atoms with Crippen LogP contribution in [0.15, 0.2) is 18.2 Å². The van der Waals surface area contributed by atoms with Crippen LogP contribution in [0.2, 0.25) is 0 Å². The first-order valence-electron chi connectivity index (χ1n) is 9.09. The van der Waals surface area contributed by atoms with Gasteiger partial charge in [0.15, 0.2) is 6.10 Å². The third kappa shape index (κ3) is 4.97. The summed E-state index contributed by atoms with van der Waals surface area (Å²) in [6.07, 6.45) is 3.31. The number of carbonyl (C=O) groups is 1. The van der Waals surface area contributed by atoms with E-state index in [0.29, 0.717) is 11.8 Å². The molecule has 0 saturated heterocycles. The minimum Gasteiger partial charge on any atom is -0.481 e. The van der Waals surface area contributed by atoms with Crippen molar-refractivity contribution in [1.29, 1.82) is 0 Å². The molecule has 0 radical (unpaired) electrons. The van der Waals surface area contributed by atoms with Crippen LogP contribution in [-0.4, -0.2) is 29.8 Å². The lowest BCUT2D eigenvalue weighted by Crippen LogP contribution is -2.44. The zero-order valence-electron chi connectivity index (χ0n) is 15.3. The number of nitrogens with one attached hydrogen (secondary N) is 1. The van der Waals surface area contributed by atoms with E-state index in [2.05, 4.69) is 31.3 Å². The Bertz CT molecular complexity index is 548. The molecule has 1 atom stereocenters. The smallest absolute Gasteiger partial charge is 0.260 e. The quantitative estimate of drug-likeness (QED) is 0.837. The molecule has 1 amide bonds. The van der Waals surface area contributed by atoms with Gasteiger partial charge in [-0.15, -0.1) is 0 Å². The zero-order chi connectivity index (χ0) is 17.7. The van der Waals surface area contributed by atoms with Crippen molar-refractivity contribution in [3.8, 4) is 5.75 Å². The topological polar surface area (TPSA) is 58.6 Å². The van der Waals surface area contributed by atoms with Gasteiger partial charge >= 0.3 is 0 Å². The van der Waals surface area contributed by atoms with Crippen LogP contribution in [0.1, 0.15) is 63.5 Å². The van der Waals surface area contributed by atoms with E-state index >= 15 is 0 Å². The van der Waals surface area contributed by atoms with Gasteiger partial charge in [0.1, 0.15) is 5.75 Å². The largest absolute Gasteiger partial charge is 0.481 e. The Labute approximate surface area is 145 Å². The SMILES string of the molecule is Cc1ccc(C(C)C)c(OC(C)C(=O)NC2CCC(CO)CC2)c1. The van der Waals surface area contributed by atoms with Crippen molar-refractivity contribution in [3.05, 3.63) is 29.3 Å². The molecule has 0 aliphatic heterocycles. The molecule has 1 aromatic rings. The number of aliphatic hydroxyl groups is 1. The van der Waals surface area contributed by atoms with Crippen LogP contribution in [0.5, 0.6) is 5.75 Å². The fourth-order valence-electron chi connectivity index (χ4n) is 3.27. The lowest BCUT2D eigenvalue weighted by atomic mass is 9.86. The lowest BCUT2D eigenvalue weighted by Gasteiger charge is -2.29. The number of hydrogen-bond acceptors (Lipinski definition) is 3. The highest BCUT2D eigenvalue weighted by Gasteiger charge is 2.25. The predicted molar refractivity (Wildman–Crippen MR) is 96.3 cm³/mol. The average Bonchev–Trinajstić information content (AvgIpc) is 2.55. The van der Waals surface area contributed by atoms with E-state index in [1.165, 1.54) is 0 Å². The predicted octanol–water partition coefficient (Wildman–Crippen LogP) is 3.55. The minimum absolute atomic E-state index is 0.0568. The summed E-state index contributed by atoms with van der Waals surface area (Å²) >= 11 is 0. The Morgan fingerprint density at radius 3 is 2.50 bits per heavy atom. The van der Waals surface area contributed by atoms with Crippen molar-refractivity contribution in [2.75, 3.05) is 6.61 Å². The second-order valence-corrected chi connectivity index (χ2v) is 7.36. The number of aryl methyl sites for hydroxylation is 1. The summed E-state index contributed by atoms with van der Waals surface area (Å²) < 4.78 is 5.98. The normalized spacial score (nSPS) is 22.2. The van der Waals surface area contributed by atoms with E-state index in [9.17, 15) is 9.90 Å². The average molecular weight is 333 g/mol. The molecule has 4 heteroatoms. The Morgan fingerprint density at radius 1 is 1.25 bits per heavy atom. The summed E-state index contributed by atoms with van der Waals surface area (Å²) in [5, 5.41) is 12.3. The van der Waals surface area contributed by atoms with E-state index in [1.54, 1.807) is 6.92 Å². The summed E-state index contributed by atoms with van der Waals surface area (Å²) in [7, 11) is 0. The first-order valence-corrected chi connectivity index (χ1v) is 9.09. The van der Waals surface area contributed by atoms with Crippen molar-refractivity contribution in [1.82, 2.24) is 5.32 Å². The number of carbonyl (C=O) groups excluding carboxylic acids is 1. The molecule has 0 spiro atoms. The van der Waals surface area contributed by atoms with Crippen molar-refractivity contribution < 1.29 is 14.6 Å². The Hall–Kier alpha value is -1.55. The fraction of sp³-hybridized carbons (Fsp3) is 0.650. The highest BCUT2D eigenvalue weighted by atomic mass is 16.5. The zero-order valence-corrected chi connectivity index (χ0v) is 15.3. The van der Waals surface area contributed by atoms with Crippen LogP contribution in [0, 0.1) is 12.8 Å². The minimum atomic E-state index is -0.514. The Morgan fingerprint density at radius 2 is 1.92 bits per heavy atom. The highest BCUT2D eigenvalue weighted by Crippen LogP contribution is 2.28. The van der Waals surface area contributed by atoms with E-state index in [4.69, 9.17) is 4.74 Å². The molecule has 4 nitrogen and oxygen atoms in total. The molecule has 24 heavy (non-hydrogen) atoms. The summed E-state index contributed by atoms with van der Waals surface area (Å²) in [6.45, 7) is 8.34. The van der Waals surface area contributed by atoms with Gasteiger partial charge in [-0.05, 0) is 68.6 Å². The van der Waals surface area contributed by atoms with Crippen molar-refractivity contribution in [3.63, 3.8) is 0 Å². The van der Waals surface area contributed by atoms with Gasteiger partial charge < -0.3 is 15.2 Å². The van der Waals surface area contributed by atoms with Gasteiger partial charge in [0.2, 0.25) is 0 Å². The molecular formula is C20H31NO3. The van der Waals surface area contributed by atoms with Gasteiger partial charge in [0, 0.05) is 12.6 Å². The van der Waals surface area contributed by atoms with E-state index < -0.39 is 6.10 Å². The fourth-order valence-corrected chi connectivity index (χ4v) is 3.27. The second-order valence-electron chi connectivity index (χ2n) is 7.36. The lowest BCUT2D eigenvalue weighted by molar-refractivity contribution is -0.128. The first-order chi connectivity index (χ1) is 11.4. The number of rotatable bonds is 6. The molecule has 0 aromatic heterocycles. The summed E-state index contributed by atoms with van der Waals surface area (Å²) in [4.78, 5) is 12.4. The highest BCUT2D eigenvalue weighted by molar-refractivity contribution is 5.81. The number of hydrogen-bond donors (Lipinski definition) is 2. The Kier molecular flexibility index (Phi) is 6.67. The van der Waals surface area contributed by atoms with Crippen LogP contribution in [0.4, 0.5) is 0 Å². The number of amides is 1. The van der Waals surface area contributed by atoms with Crippen LogP contribution in [0.3, 0.4) is 0 Å². The van der Waals surface area contributed by atoms with Crippen molar-refractivity contribution in [2.24, 2.45) is 5.92 Å². The van der Waals surface area contributed by atoms with Gasteiger partial charge in [0.05, 0.1) is 0 Å². The number of aliphatic hydroxyl groups excluding tert-OH is 1. The number of ether oxygens (including phenoxy) is 1. The molecule has 1 unspecified atom stereocenters. The molecule has 0 bridgehead atoms. The molecular weight excluding hydrogens is 302 g/mol. The van der Waals surface area contributed by atoms with E-state index in [0.717, 1.165) is 42.6 Å². The Balaban J connectivity index is 1.93. The summed E-state index contributed by atoms with van der Waals surface area (Å²) in [6, 6.07) is 6.36. The molecule has 2 N–H and O–H groups in total. The van der Waals surface area contributed by atoms with Crippen LogP contribution in [-0.2, 0) is 4.79 Å².